The number of anilines is 3. The van der Waals surface area contributed by atoms with E-state index in [1.807, 2.05) is 25.1 Å². The average Bonchev–Trinajstić information content (AvgIpc) is 2.77. The molecule has 1 fully saturated rings. The highest BCUT2D eigenvalue weighted by molar-refractivity contribution is 5.75. The van der Waals surface area contributed by atoms with Crippen molar-refractivity contribution in [2.75, 3.05) is 30.0 Å². The summed E-state index contributed by atoms with van der Waals surface area (Å²) in [5.74, 6) is -0.750. The molecule has 1 atom stereocenters. The highest BCUT2D eigenvalue weighted by atomic mass is 19.4. The molecule has 1 aromatic carbocycles. The largest absolute Gasteiger partial charge is 0.481 e. The summed E-state index contributed by atoms with van der Waals surface area (Å²) in [6, 6.07) is 5.94. The van der Waals surface area contributed by atoms with E-state index in [0.717, 1.165) is 43.0 Å². The van der Waals surface area contributed by atoms with E-state index >= 15 is 0 Å². The number of ether oxygens (including phenoxy) is 1. The first-order chi connectivity index (χ1) is 16.0. The molecule has 3 rings (SSSR count). The molecule has 1 aliphatic heterocycles. The SMILES string of the molecule is CC(C)CN(c1ccc([C@H](C)CC(=O)O)cc1Nc1ncc(C(F)(F)F)cn1)C1CCOCC1. The topological polar surface area (TPSA) is 87.6 Å². The summed E-state index contributed by atoms with van der Waals surface area (Å²) in [5, 5.41) is 12.3. The molecule has 0 amide bonds. The number of aromatic nitrogens is 2. The number of hydrogen-bond donors (Lipinski definition) is 2. The summed E-state index contributed by atoms with van der Waals surface area (Å²) in [6.45, 7) is 8.18. The molecule has 0 saturated carbocycles. The Morgan fingerprint density at radius 2 is 1.85 bits per heavy atom. The summed E-state index contributed by atoms with van der Waals surface area (Å²) >= 11 is 0. The van der Waals surface area contributed by atoms with E-state index in [1.54, 1.807) is 0 Å². The van der Waals surface area contributed by atoms with E-state index in [-0.39, 0.29) is 24.3 Å². The van der Waals surface area contributed by atoms with Crippen molar-refractivity contribution in [3.8, 4) is 0 Å². The Morgan fingerprint density at radius 3 is 2.41 bits per heavy atom. The van der Waals surface area contributed by atoms with Crippen LogP contribution in [0.4, 0.5) is 30.5 Å². The van der Waals surface area contributed by atoms with Gasteiger partial charge < -0.3 is 20.1 Å². The fourth-order valence-electron chi connectivity index (χ4n) is 4.08. The molecule has 34 heavy (non-hydrogen) atoms. The van der Waals surface area contributed by atoms with Crippen LogP contribution in [0.2, 0.25) is 0 Å². The van der Waals surface area contributed by atoms with Crippen molar-refractivity contribution in [2.45, 2.75) is 58.2 Å². The lowest BCUT2D eigenvalue weighted by Crippen LogP contribution is -2.42. The van der Waals surface area contributed by atoms with Crippen molar-refractivity contribution in [3.63, 3.8) is 0 Å². The number of carboxylic acid groups (broad SMARTS) is 1. The number of aliphatic carboxylic acids is 1. The molecule has 0 spiro atoms. The number of carbonyl (C=O) groups is 1. The van der Waals surface area contributed by atoms with E-state index in [1.165, 1.54) is 0 Å². The summed E-state index contributed by atoms with van der Waals surface area (Å²) in [4.78, 5) is 21.2. The van der Waals surface area contributed by atoms with Crippen molar-refractivity contribution in [3.05, 3.63) is 41.7 Å². The van der Waals surface area contributed by atoms with Gasteiger partial charge in [-0.3, -0.25) is 4.79 Å². The molecule has 1 aromatic heterocycles. The predicted octanol–water partition coefficient (Wildman–Crippen LogP) is 5.46. The quantitative estimate of drug-likeness (QED) is 0.493. The fraction of sp³-hybridized carbons (Fsp3) is 0.542. The van der Waals surface area contributed by atoms with Crippen molar-refractivity contribution < 1.29 is 27.8 Å². The molecule has 0 aliphatic carbocycles. The van der Waals surface area contributed by atoms with Crippen LogP contribution in [0, 0.1) is 5.92 Å². The Hall–Kier alpha value is -2.88. The van der Waals surface area contributed by atoms with Gasteiger partial charge in [0.05, 0.1) is 23.4 Å². The lowest BCUT2D eigenvalue weighted by Gasteiger charge is -2.38. The average molecular weight is 481 g/mol. The van der Waals surface area contributed by atoms with Crippen molar-refractivity contribution in [1.82, 2.24) is 9.97 Å². The van der Waals surface area contributed by atoms with Gasteiger partial charge in [0.15, 0.2) is 0 Å². The fourth-order valence-corrected chi connectivity index (χ4v) is 4.08. The van der Waals surface area contributed by atoms with Crippen LogP contribution in [-0.2, 0) is 15.7 Å². The Morgan fingerprint density at radius 1 is 1.21 bits per heavy atom. The van der Waals surface area contributed by atoms with Gasteiger partial charge in [-0.15, -0.1) is 0 Å². The van der Waals surface area contributed by atoms with Gasteiger partial charge in [-0.05, 0) is 42.4 Å². The zero-order valence-corrected chi connectivity index (χ0v) is 19.6. The van der Waals surface area contributed by atoms with E-state index in [4.69, 9.17) is 4.74 Å². The summed E-state index contributed by atoms with van der Waals surface area (Å²) in [6.07, 6.45) is -1.34. The minimum Gasteiger partial charge on any atom is -0.481 e. The molecule has 7 nitrogen and oxygen atoms in total. The monoisotopic (exact) mass is 480 g/mol. The van der Waals surface area contributed by atoms with E-state index in [0.29, 0.717) is 24.8 Å². The van der Waals surface area contributed by atoms with Gasteiger partial charge in [-0.2, -0.15) is 13.2 Å². The Labute approximate surface area is 197 Å². The van der Waals surface area contributed by atoms with Gasteiger partial charge in [0.2, 0.25) is 5.95 Å². The van der Waals surface area contributed by atoms with E-state index in [2.05, 4.69) is 34.0 Å². The van der Waals surface area contributed by atoms with Gasteiger partial charge in [-0.25, -0.2) is 9.97 Å². The number of rotatable bonds is 9. The lowest BCUT2D eigenvalue weighted by atomic mass is 9.95. The smallest absolute Gasteiger partial charge is 0.419 e. The minimum absolute atomic E-state index is 0.0359. The minimum atomic E-state index is -4.52. The highest BCUT2D eigenvalue weighted by Crippen LogP contribution is 2.36. The van der Waals surface area contributed by atoms with Gasteiger partial charge in [0.25, 0.3) is 0 Å². The molecule has 2 heterocycles. The maximum Gasteiger partial charge on any atom is 0.419 e. The molecule has 186 valence electrons. The third-order valence-electron chi connectivity index (χ3n) is 5.80. The molecular weight excluding hydrogens is 449 g/mol. The summed E-state index contributed by atoms with van der Waals surface area (Å²) < 4.78 is 44.3. The molecule has 0 unspecified atom stereocenters. The van der Waals surface area contributed by atoms with Crippen LogP contribution in [0.3, 0.4) is 0 Å². The molecule has 0 radical (unpaired) electrons. The number of benzene rings is 1. The molecule has 2 N–H and O–H groups in total. The third kappa shape index (κ3) is 6.82. The summed E-state index contributed by atoms with van der Waals surface area (Å²) in [7, 11) is 0. The third-order valence-corrected chi connectivity index (χ3v) is 5.80. The maximum absolute atomic E-state index is 12.9. The zero-order chi connectivity index (χ0) is 24.9. The number of nitrogens with one attached hydrogen (secondary N) is 1. The first-order valence-corrected chi connectivity index (χ1v) is 11.4. The number of alkyl halides is 3. The molecule has 1 aliphatic rings. The second kappa shape index (κ2) is 11.0. The number of nitrogens with zero attached hydrogens (tertiary/aromatic N) is 3. The van der Waals surface area contributed by atoms with Crippen molar-refractivity contribution in [2.24, 2.45) is 5.92 Å². The highest BCUT2D eigenvalue weighted by Gasteiger charge is 2.31. The number of halogens is 3. The van der Waals surface area contributed by atoms with Gasteiger partial charge >= 0.3 is 12.1 Å². The molecule has 10 heteroatoms. The van der Waals surface area contributed by atoms with Crippen LogP contribution >= 0.6 is 0 Å². The van der Waals surface area contributed by atoms with Crippen LogP contribution in [-0.4, -0.2) is 46.8 Å². The van der Waals surface area contributed by atoms with Crippen LogP contribution in [0.25, 0.3) is 0 Å². The summed E-state index contributed by atoms with van der Waals surface area (Å²) in [5.41, 5.74) is 1.37. The predicted molar refractivity (Wildman–Crippen MR) is 123 cm³/mol. The molecule has 1 saturated heterocycles. The second-order valence-electron chi connectivity index (χ2n) is 9.08. The normalized spacial score (nSPS) is 15.9. The maximum atomic E-state index is 12.9. The molecule has 2 aromatic rings. The Kier molecular flexibility index (Phi) is 8.35. The second-order valence-corrected chi connectivity index (χ2v) is 9.08. The molecular formula is C24H31F3N4O3. The van der Waals surface area contributed by atoms with Crippen LogP contribution in [0.5, 0.6) is 0 Å². The standard InChI is InChI=1S/C24H31F3N4O3/c1-15(2)14-31(19-6-8-34-9-7-19)21-5-4-17(16(3)10-22(32)33)11-20(21)30-23-28-12-18(13-29-23)24(25,26)27/h4-5,11-13,15-16,19H,6-10,14H2,1-3H3,(H,32,33)(H,28,29,30)/t16-/m1/s1. The van der Waals surface area contributed by atoms with Gasteiger partial charge in [-0.1, -0.05) is 26.8 Å². The first kappa shape index (κ1) is 25.7. The Balaban J connectivity index is 2.00. The van der Waals surface area contributed by atoms with Crippen LogP contribution in [0.1, 0.15) is 57.1 Å². The zero-order valence-electron chi connectivity index (χ0n) is 19.6. The number of hydrogen-bond acceptors (Lipinski definition) is 6. The lowest BCUT2D eigenvalue weighted by molar-refractivity contribution is -0.138. The van der Waals surface area contributed by atoms with Crippen molar-refractivity contribution >= 4 is 23.3 Å². The van der Waals surface area contributed by atoms with Gasteiger partial charge in [0.1, 0.15) is 0 Å². The molecule has 0 bridgehead atoms. The Bertz CT molecular complexity index is 961. The number of carboxylic acids is 1. The van der Waals surface area contributed by atoms with Crippen molar-refractivity contribution in [1.29, 1.82) is 0 Å². The van der Waals surface area contributed by atoms with Crippen LogP contribution < -0.4 is 10.2 Å². The van der Waals surface area contributed by atoms with E-state index < -0.39 is 17.7 Å². The van der Waals surface area contributed by atoms with E-state index in [9.17, 15) is 23.1 Å². The van der Waals surface area contributed by atoms with Crippen LogP contribution in [0.15, 0.2) is 30.6 Å². The first-order valence-electron chi connectivity index (χ1n) is 11.4. The van der Waals surface area contributed by atoms with Gasteiger partial charge in [0, 0.05) is 38.2 Å².